The Kier molecular flexibility index (Phi) is 7.79. The predicted octanol–water partition coefficient (Wildman–Crippen LogP) is 0.468. The maximum Gasteiger partial charge on any atom is 0.314 e. The fourth-order valence-electron chi connectivity index (χ4n) is 0.881. The SMILES string of the molecule is CNC(=O)NCCCCCCO. The van der Waals surface area contributed by atoms with Crippen LogP contribution >= 0.6 is 0 Å². The standard InChI is InChI=1S/C8H18N2O2/c1-9-8(12)10-6-4-2-3-5-7-11/h11H,2-7H2,1H3,(H2,9,10,12). The molecule has 0 saturated carbocycles. The van der Waals surface area contributed by atoms with Gasteiger partial charge in [0.05, 0.1) is 0 Å². The van der Waals surface area contributed by atoms with Crippen molar-refractivity contribution in [2.75, 3.05) is 20.2 Å². The summed E-state index contributed by atoms with van der Waals surface area (Å²) in [5.74, 6) is 0. The summed E-state index contributed by atoms with van der Waals surface area (Å²) in [5.41, 5.74) is 0. The lowest BCUT2D eigenvalue weighted by Crippen LogP contribution is -2.33. The Bertz CT molecular complexity index is 118. The van der Waals surface area contributed by atoms with Crippen molar-refractivity contribution in [3.05, 3.63) is 0 Å². The summed E-state index contributed by atoms with van der Waals surface area (Å²) in [6, 6.07) is -0.128. The average Bonchev–Trinajstić information content (AvgIpc) is 2.10. The summed E-state index contributed by atoms with van der Waals surface area (Å²) in [6.07, 6.45) is 3.93. The minimum Gasteiger partial charge on any atom is -0.396 e. The second-order valence-corrected chi connectivity index (χ2v) is 2.64. The van der Waals surface area contributed by atoms with Gasteiger partial charge < -0.3 is 15.7 Å². The Morgan fingerprint density at radius 1 is 1.25 bits per heavy atom. The summed E-state index contributed by atoms with van der Waals surface area (Å²) in [5, 5.41) is 13.6. The molecule has 0 radical (unpaired) electrons. The number of carbonyl (C=O) groups is 1. The molecule has 0 heterocycles. The minimum absolute atomic E-state index is 0.128. The minimum atomic E-state index is -0.128. The van der Waals surface area contributed by atoms with Crippen LogP contribution in [0.15, 0.2) is 0 Å². The van der Waals surface area contributed by atoms with E-state index in [9.17, 15) is 4.79 Å². The van der Waals surface area contributed by atoms with Crippen LogP contribution in [0.3, 0.4) is 0 Å². The summed E-state index contributed by atoms with van der Waals surface area (Å²) in [4.78, 5) is 10.6. The lowest BCUT2D eigenvalue weighted by Gasteiger charge is -2.02. The third kappa shape index (κ3) is 7.34. The summed E-state index contributed by atoms with van der Waals surface area (Å²) in [7, 11) is 1.60. The van der Waals surface area contributed by atoms with Gasteiger partial charge in [-0.15, -0.1) is 0 Å². The van der Waals surface area contributed by atoms with Crippen molar-refractivity contribution < 1.29 is 9.90 Å². The topological polar surface area (TPSA) is 61.4 Å². The molecule has 0 aliphatic carbocycles. The van der Waals surface area contributed by atoms with Gasteiger partial charge in [0, 0.05) is 20.2 Å². The zero-order valence-electron chi connectivity index (χ0n) is 7.60. The molecular weight excluding hydrogens is 156 g/mol. The molecule has 0 aliphatic heterocycles. The van der Waals surface area contributed by atoms with Crippen LogP contribution in [0.2, 0.25) is 0 Å². The van der Waals surface area contributed by atoms with Crippen molar-refractivity contribution in [2.45, 2.75) is 25.7 Å². The first-order valence-corrected chi connectivity index (χ1v) is 4.37. The Morgan fingerprint density at radius 3 is 2.50 bits per heavy atom. The fraction of sp³-hybridized carbons (Fsp3) is 0.875. The van der Waals surface area contributed by atoms with Gasteiger partial charge in [-0.1, -0.05) is 12.8 Å². The van der Waals surface area contributed by atoms with Crippen molar-refractivity contribution in [1.82, 2.24) is 10.6 Å². The van der Waals surface area contributed by atoms with Crippen LogP contribution < -0.4 is 10.6 Å². The molecule has 4 heteroatoms. The van der Waals surface area contributed by atoms with Gasteiger partial charge in [0.25, 0.3) is 0 Å². The molecule has 0 aromatic rings. The smallest absolute Gasteiger partial charge is 0.314 e. The zero-order valence-corrected chi connectivity index (χ0v) is 7.60. The average molecular weight is 174 g/mol. The quantitative estimate of drug-likeness (QED) is 0.512. The maximum atomic E-state index is 10.6. The fourth-order valence-corrected chi connectivity index (χ4v) is 0.881. The number of rotatable bonds is 6. The monoisotopic (exact) mass is 174 g/mol. The molecule has 0 fully saturated rings. The molecule has 0 aliphatic rings. The number of amides is 2. The van der Waals surface area contributed by atoms with Crippen molar-refractivity contribution in [1.29, 1.82) is 0 Å². The highest BCUT2D eigenvalue weighted by Crippen LogP contribution is 1.97. The van der Waals surface area contributed by atoms with Crippen LogP contribution in [0, 0.1) is 0 Å². The molecule has 4 nitrogen and oxygen atoms in total. The Labute approximate surface area is 73.3 Å². The first kappa shape index (κ1) is 11.2. The van der Waals surface area contributed by atoms with Gasteiger partial charge >= 0.3 is 6.03 Å². The molecule has 0 rings (SSSR count). The number of aliphatic hydroxyl groups excluding tert-OH is 1. The van der Waals surface area contributed by atoms with Crippen molar-refractivity contribution in [3.63, 3.8) is 0 Å². The van der Waals surface area contributed by atoms with Gasteiger partial charge in [0.2, 0.25) is 0 Å². The van der Waals surface area contributed by atoms with E-state index in [1.165, 1.54) is 0 Å². The maximum absolute atomic E-state index is 10.6. The molecule has 12 heavy (non-hydrogen) atoms. The van der Waals surface area contributed by atoms with E-state index < -0.39 is 0 Å². The Hall–Kier alpha value is -0.770. The van der Waals surface area contributed by atoms with Crippen LogP contribution in [0.25, 0.3) is 0 Å². The van der Waals surface area contributed by atoms with Crippen LogP contribution in [0.4, 0.5) is 4.79 Å². The lowest BCUT2D eigenvalue weighted by atomic mass is 10.2. The van der Waals surface area contributed by atoms with Gasteiger partial charge in [-0.25, -0.2) is 4.79 Å². The zero-order chi connectivity index (χ0) is 9.23. The van der Waals surface area contributed by atoms with Gasteiger partial charge in [-0.3, -0.25) is 0 Å². The van der Waals surface area contributed by atoms with Crippen LogP contribution in [0.5, 0.6) is 0 Å². The Morgan fingerprint density at radius 2 is 1.92 bits per heavy atom. The van der Waals surface area contributed by atoms with Crippen molar-refractivity contribution in [2.24, 2.45) is 0 Å². The number of hydrogen-bond acceptors (Lipinski definition) is 2. The molecule has 0 aromatic carbocycles. The first-order chi connectivity index (χ1) is 5.81. The molecule has 0 atom stereocenters. The lowest BCUT2D eigenvalue weighted by molar-refractivity contribution is 0.242. The summed E-state index contributed by atoms with van der Waals surface area (Å²) in [6.45, 7) is 0.980. The third-order valence-electron chi connectivity index (χ3n) is 1.60. The molecular formula is C8H18N2O2. The van der Waals surface area contributed by atoms with E-state index in [1.807, 2.05) is 0 Å². The molecule has 2 amide bonds. The van der Waals surface area contributed by atoms with Gasteiger partial charge in [-0.05, 0) is 12.8 Å². The highest BCUT2D eigenvalue weighted by molar-refractivity contribution is 5.73. The number of carbonyl (C=O) groups excluding carboxylic acids is 1. The van der Waals surface area contributed by atoms with E-state index in [0.717, 1.165) is 25.7 Å². The van der Waals surface area contributed by atoms with E-state index in [2.05, 4.69) is 10.6 Å². The van der Waals surface area contributed by atoms with Crippen molar-refractivity contribution in [3.8, 4) is 0 Å². The highest BCUT2D eigenvalue weighted by atomic mass is 16.2. The third-order valence-corrected chi connectivity index (χ3v) is 1.60. The molecule has 0 aromatic heterocycles. The predicted molar refractivity (Wildman–Crippen MR) is 48.0 cm³/mol. The molecule has 72 valence electrons. The number of nitrogens with one attached hydrogen (secondary N) is 2. The van der Waals surface area contributed by atoms with Crippen LogP contribution in [0.1, 0.15) is 25.7 Å². The highest BCUT2D eigenvalue weighted by Gasteiger charge is 1.93. The number of aliphatic hydroxyl groups is 1. The molecule has 0 saturated heterocycles. The largest absolute Gasteiger partial charge is 0.396 e. The number of unbranched alkanes of at least 4 members (excludes halogenated alkanes) is 3. The van der Waals surface area contributed by atoms with E-state index >= 15 is 0 Å². The van der Waals surface area contributed by atoms with Crippen LogP contribution in [-0.2, 0) is 0 Å². The van der Waals surface area contributed by atoms with Crippen LogP contribution in [-0.4, -0.2) is 31.3 Å². The summed E-state index contributed by atoms with van der Waals surface area (Å²) >= 11 is 0. The number of urea groups is 1. The van der Waals surface area contributed by atoms with Gasteiger partial charge in [0.15, 0.2) is 0 Å². The van der Waals surface area contributed by atoms with E-state index in [4.69, 9.17) is 5.11 Å². The van der Waals surface area contributed by atoms with Gasteiger partial charge in [-0.2, -0.15) is 0 Å². The number of hydrogen-bond donors (Lipinski definition) is 3. The molecule has 0 unspecified atom stereocenters. The summed E-state index contributed by atoms with van der Waals surface area (Å²) < 4.78 is 0. The second-order valence-electron chi connectivity index (χ2n) is 2.64. The molecule has 3 N–H and O–H groups in total. The normalized spacial score (nSPS) is 9.50. The second kappa shape index (κ2) is 8.33. The molecule has 0 spiro atoms. The Balaban J connectivity index is 2.95. The van der Waals surface area contributed by atoms with E-state index in [0.29, 0.717) is 6.54 Å². The van der Waals surface area contributed by atoms with E-state index in [-0.39, 0.29) is 12.6 Å². The first-order valence-electron chi connectivity index (χ1n) is 4.37. The molecule has 0 bridgehead atoms. The van der Waals surface area contributed by atoms with Gasteiger partial charge in [0.1, 0.15) is 0 Å². The van der Waals surface area contributed by atoms with E-state index in [1.54, 1.807) is 7.05 Å². The van der Waals surface area contributed by atoms with Crippen molar-refractivity contribution >= 4 is 6.03 Å².